The first-order valence-electron chi connectivity index (χ1n) is 9.76. The van der Waals surface area contributed by atoms with E-state index in [0.29, 0.717) is 12.1 Å². The average molecular weight is 375 g/mol. The van der Waals surface area contributed by atoms with E-state index in [4.69, 9.17) is 4.74 Å². The Bertz CT molecular complexity index is 961. The second kappa shape index (κ2) is 8.40. The number of para-hydroxylation sites is 1. The molecule has 2 aromatic carbocycles. The average Bonchev–Trinajstić information content (AvgIpc) is 3.28. The van der Waals surface area contributed by atoms with E-state index >= 15 is 0 Å². The fourth-order valence-electron chi connectivity index (χ4n) is 3.93. The predicted molar refractivity (Wildman–Crippen MR) is 111 cm³/mol. The minimum Gasteiger partial charge on any atom is -0.497 e. The third-order valence-electron chi connectivity index (χ3n) is 5.39. The topological polar surface area (TPSA) is 54.5 Å². The van der Waals surface area contributed by atoms with Gasteiger partial charge in [-0.05, 0) is 55.8 Å². The van der Waals surface area contributed by atoms with Crippen LogP contribution < -0.4 is 10.1 Å². The number of likely N-dealkylation sites (tertiary alicyclic amines) is 1. The van der Waals surface area contributed by atoms with E-state index < -0.39 is 0 Å². The lowest BCUT2D eigenvalue weighted by atomic mass is 10.0. The van der Waals surface area contributed by atoms with Crippen molar-refractivity contribution < 1.29 is 9.53 Å². The molecule has 3 aromatic rings. The Labute approximate surface area is 165 Å². The van der Waals surface area contributed by atoms with Crippen LogP contribution in [0, 0.1) is 0 Å². The highest BCUT2D eigenvalue weighted by molar-refractivity contribution is 6.05. The van der Waals surface area contributed by atoms with Gasteiger partial charge in [-0.3, -0.25) is 14.7 Å². The molecule has 1 N–H and O–H groups in total. The summed E-state index contributed by atoms with van der Waals surface area (Å²) in [5, 5.41) is 4.11. The van der Waals surface area contributed by atoms with Crippen molar-refractivity contribution >= 4 is 16.8 Å². The molecule has 1 amide bonds. The highest BCUT2D eigenvalue weighted by Crippen LogP contribution is 2.27. The fourth-order valence-corrected chi connectivity index (χ4v) is 3.93. The van der Waals surface area contributed by atoms with E-state index in [9.17, 15) is 4.79 Å². The van der Waals surface area contributed by atoms with E-state index in [-0.39, 0.29) is 11.9 Å². The number of benzene rings is 2. The van der Waals surface area contributed by atoms with Crippen LogP contribution in [0.1, 0.15) is 34.8 Å². The normalized spacial score (nSPS) is 15.5. The lowest BCUT2D eigenvalue weighted by Crippen LogP contribution is -2.36. The summed E-state index contributed by atoms with van der Waals surface area (Å²) in [6, 6.07) is 17.8. The molecule has 1 saturated heterocycles. The molecular weight excluding hydrogens is 350 g/mol. The van der Waals surface area contributed by atoms with Gasteiger partial charge >= 0.3 is 0 Å². The molecule has 1 aliphatic rings. The van der Waals surface area contributed by atoms with Crippen LogP contribution in [0.3, 0.4) is 0 Å². The summed E-state index contributed by atoms with van der Waals surface area (Å²) in [5.41, 5.74) is 2.52. The Balaban J connectivity index is 1.56. The number of rotatable bonds is 6. The predicted octanol–water partition coefficient (Wildman–Crippen LogP) is 3.81. The number of ether oxygens (including phenoxy) is 1. The molecule has 0 spiro atoms. The molecule has 5 heteroatoms. The van der Waals surface area contributed by atoms with Crippen LogP contribution in [0.15, 0.2) is 60.8 Å². The summed E-state index contributed by atoms with van der Waals surface area (Å²) >= 11 is 0. The van der Waals surface area contributed by atoms with Crippen LogP contribution in [0.2, 0.25) is 0 Å². The molecule has 1 aliphatic heterocycles. The number of nitrogens with zero attached hydrogens (tertiary/aromatic N) is 2. The second-order valence-corrected chi connectivity index (χ2v) is 7.13. The van der Waals surface area contributed by atoms with E-state index in [2.05, 4.69) is 27.3 Å². The number of hydrogen-bond donors (Lipinski definition) is 1. The summed E-state index contributed by atoms with van der Waals surface area (Å²) < 4.78 is 5.40. The van der Waals surface area contributed by atoms with Gasteiger partial charge in [0, 0.05) is 18.1 Å². The van der Waals surface area contributed by atoms with Crippen molar-refractivity contribution in [2.24, 2.45) is 0 Å². The summed E-state index contributed by atoms with van der Waals surface area (Å²) in [4.78, 5) is 19.8. The van der Waals surface area contributed by atoms with Crippen molar-refractivity contribution in [3.05, 3.63) is 71.9 Å². The number of aromatic nitrogens is 1. The van der Waals surface area contributed by atoms with Crippen LogP contribution in [0.5, 0.6) is 5.75 Å². The maximum atomic E-state index is 12.9. The largest absolute Gasteiger partial charge is 0.497 e. The van der Waals surface area contributed by atoms with E-state index in [1.807, 2.05) is 42.5 Å². The number of carbonyl (C=O) groups is 1. The summed E-state index contributed by atoms with van der Waals surface area (Å²) in [7, 11) is 1.68. The molecule has 4 rings (SSSR count). The molecule has 0 bridgehead atoms. The number of pyridine rings is 1. The SMILES string of the molecule is COc1cccc([C@H](CNC(=O)c2cccc3cccnc23)N2CCCC2)c1. The number of methoxy groups -OCH3 is 1. The van der Waals surface area contributed by atoms with Crippen LogP contribution in [-0.4, -0.2) is 42.5 Å². The maximum absolute atomic E-state index is 12.9. The molecule has 5 nitrogen and oxygen atoms in total. The highest BCUT2D eigenvalue weighted by Gasteiger charge is 2.24. The van der Waals surface area contributed by atoms with E-state index in [0.717, 1.165) is 35.3 Å². The molecule has 0 unspecified atom stereocenters. The Hall–Kier alpha value is -2.92. The zero-order chi connectivity index (χ0) is 19.3. The highest BCUT2D eigenvalue weighted by atomic mass is 16.5. The van der Waals surface area contributed by atoms with Gasteiger partial charge in [-0.1, -0.05) is 30.3 Å². The van der Waals surface area contributed by atoms with Crippen molar-refractivity contribution in [3.63, 3.8) is 0 Å². The quantitative estimate of drug-likeness (QED) is 0.712. The lowest BCUT2D eigenvalue weighted by molar-refractivity contribution is 0.0939. The maximum Gasteiger partial charge on any atom is 0.253 e. The standard InChI is InChI=1S/C23H25N3O2/c1-28-19-10-4-8-18(15-19)21(26-13-2-3-14-26)16-25-23(27)20-11-5-7-17-9-6-12-24-22(17)20/h4-12,15,21H,2-3,13-14,16H2,1H3,(H,25,27)/t21-/m0/s1. The van der Waals surface area contributed by atoms with Gasteiger partial charge in [0.25, 0.3) is 5.91 Å². The Kier molecular flexibility index (Phi) is 5.53. The summed E-state index contributed by atoms with van der Waals surface area (Å²) in [5.74, 6) is 0.752. The lowest BCUT2D eigenvalue weighted by Gasteiger charge is -2.28. The molecule has 144 valence electrons. The number of hydrogen-bond acceptors (Lipinski definition) is 4. The van der Waals surface area contributed by atoms with E-state index in [1.54, 1.807) is 13.3 Å². The molecule has 28 heavy (non-hydrogen) atoms. The Morgan fingerprint density at radius 3 is 2.75 bits per heavy atom. The Morgan fingerprint density at radius 1 is 1.14 bits per heavy atom. The molecule has 1 fully saturated rings. The van der Waals surface area contributed by atoms with Crippen molar-refractivity contribution in [1.29, 1.82) is 0 Å². The van der Waals surface area contributed by atoms with Gasteiger partial charge in [-0.2, -0.15) is 0 Å². The van der Waals surface area contributed by atoms with Gasteiger partial charge in [0.15, 0.2) is 0 Å². The Morgan fingerprint density at radius 2 is 1.93 bits per heavy atom. The molecule has 1 atom stereocenters. The number of nitrogens with one attached hydrogen (secondary N) is 1. The van der Waals surface area contributed by atoms with Crippen LogP contribution in [0.25, 0.3) is 10.9 Å². The third-order valence-corrected chi connectivity index (χ3v) is 5.39. The first-order valence-corrected chi connectivity index (χ1v) is 9.76. The minimum atomic E-state index is -0.0867. The molecule has 0 saturated carbocycles. The zero-order valence-corrected chi connectivity index (χ0v) is 16.1. The van der Waals surface area contributed by atoms with Crippen molar-refractivity contribution in [1.82, 2.24) is 15.2 Å². The van der Waals surface area contributed by atoms with E-state index in [1.165, 1.54) is 12.8 Å². The summed E-state index contributed by atoms with van der Waals surface area (Å²) in [6.07, 6.45) is 4.12. The number of fused-ring (bicyclic) bond motifs is 1. The van der Waals surface area contributed by atoms with Gasteiger partial charge in [0.1, 0.15) is 5.75 Å². The fraction of sp³-hybridized carbons (Fsp3) is 0.304. The van der Waals surface area contributed by atoms with Crippen molar-refractivity contribution in [2.45, 2.75) is 18.9 Å². The van der Waals surface area contributed by atoms with Gasteiger partial charge in [0.2, 0.25) is 0 Å². The first kappa shape index (κ1) is 18.4. The number of amides is 1. The third kappa shape index (κ3) is 3.85. The first-order chi connectivity index (χ1) is 13.8. The molecule has 1 aromatic heterocycles. The minimum absolute atomic E-state index is 0.0867. The summed E-state index contributed by atoms with van der Waals surface area (Å²) in [6.45, 7) is 2.65. The molecule has 0 radical (unpaired) electrons. The zero-order valence-electron chi connectivity index (χ0n) is 16.1. The second-order valence-electron chi connectivity index (χ2n) is 7.13. The van der Waals surface area contributed by atoms with Crippen LogP contribution in [0.4, 0.5) is 0 Å². The number of carbonyl (C=O) groups excluding carboxylic acids is 1. The van der Waals surface area contributed by atoms with Crippen LogP contribution >= 0.6 is 0 Å². The smallest absolute Gasteiger partial charge is 0.253 e. The molecular formula is C23H25N3O2. The monoisotopic (exact) mass is 375 g/mol. The van der Waals surface area contributed by atoms with Gasteiger partial charge < -0.3 is 10.1 Å². The molecule has 2 heterocycles. The van der Waals surface area contributed by atoms with Gasteiger partial charge in [-0.15, -0.1) is 0 Å². The van der Waals surface area contributed by atoms with Crippen LogP contribution in [-0.2, 0) is 0 Å². The van der Waals surface area contributed by atoms with Gasteiger partial charge in [-0.25, -0.2) is 0 Å². The van der Waals surface area contributed by atoms with Crippen molar-refractivity contribution in [2.75, 3.05) is 26.7 Å². The van der Waals surface area contributed by atoms with Gasteiger partial charge in [0.05, 0.1) is 24.2 Å². The molecule has 0 aliphatic carbocycles. The van der Waals surface area contributed by atoms with Crippen molar-refractivity contribution in [3.8, 4) is 5.75 Å².